The van der Waals surface area contributed by atoms with Crippen molar-refractivity contribution in [1.82, 2.24) is 5.32 Å². The summed E-state index contributed by atoms with van der Waals surface area (Å²) in [5.41, 5.74) is 4.55. The lowest BCUT2D eigenvalue weighted by atomic mass is 9.85. The van der Waals surface area contributed by atoms with Crippen LogP contribution in [0.4, 0.5) is 0 Å². The first-order valence-corrected chi connectivity index (χ1v) is 4.67. The number of amides is 1. The van der Waals surface area contributed by atoms with E-state index in [2.05, 4.69) is 10.5 Å². The van der Waals surface area contributed by atoms with Crippen LogP contribution in [-0.4, -0.2) is 23.0 Å². The van der Waals surface area contributed by atoms with Gasteiger partial charge in [0.05, 0.1) is 0 Å². The van der Waals surface area contributed by atoms with Crippen LogP contribution < -0.4 is 11.1 Å². The minimum atomic E-state index is -0.932. The van der Waals surface area contributed by atoms with Crippen molar-refractivity contribution < 1.29 is 10.0 Å². The highest BCUT2D eigenvalue weighted by molar-refractivity contribution is 6.06. The minimum Gasteiger partial charge on any atom is -0.409 e. The largest absolute Gasteiger partial charge is 0.409 e. The summed E-state index contributed by atoms with van der Waals surface area (Å²) < 4.78 is 0. The number of hydrogen-bond donors (Lipinski definition) is 3. The third-order valence-corrected chi connectivity index (χ3v) is 2.30. The van der Waals surface area contributed by atoms with E-state index >= 15 is 0 Å². The summed E-state index contributed by atoms with van der Waals surface area (Å²) in [7, 11) is 0. The molecule has 0 heterocycles. The SMILES string of the molecule is CCC(C)(C(=O)NC(C)C)C(N)=NO. The summed E-state index contributed by atoms with van der Waals surface area (Å²) in [6.45, 7) is 7.19. The molecule has 1 unspecified atom stereocenters. The van der Waals surface area contributed by atoms with Crippen molar-refractivity contribution in [1.29, 1.82) is 0 Å². The lowest BCUT2D eigenvalue weighted by Gasteiger charge is -2.26. The van der Waals surface area contributed by atoms with E-state index in [-0.39, 0.29) is 17.8 Å². The van der Waals surface area contributed by atoms with Crippen LogP contribution in [0.1, 0.15) is 34.1 Å². The fourth-order valence-corrected chi connectivity index (χ4v) is 0.990. The quantitative estimate of drug-likeness (QED) is 0.270. The monoisotopic (exact) mass is 201 g/mol. The van der Waals surface area contributed by atoms with Gasteiger partial charge in [-0.05, 0) is 27.2 Å². The molecule has 5 nitrogen and oxygen atoms in total. The molecule has 0 saturated heterocycles. The number of hydrogen-bond acceptors (Lipinski definition) is 3. The fraction of sp³-hybridized carbons (Fsp3) is 0.778. The number of nitrogens with zero attached hydrogens (tertiary/aromatic N) is 1. The molecule has 1 amide bonds. The minimum absolute atomic E-state index is 0.0415. The van der Waals surface area contributed by atoms with Crippen molar-refractivity contribution in [2.75, 3.05) is 0 Å². The van der Waals surface area contributed by atoms with Gasteiger partial charge in [-0.2, -0.15) is 0 Å². The van der Waals surface area contributed by atoms with E-state index in [1.165, 1.54) is 0 Å². The van der Waals surface area contributed by atoms with Gasteiger partial charge in [0.25, 0.3) is 0 Å². The second kappa shape index (κ2) is 4.83. The zero-order valence-corrected chi connectivity index (χ0v) is 9.16. The Morgan fingerprint density at radius 2 is 2.14 bits per heavy atom. The van der Waals surface area contributed by atoms with E-state index in [4.69, 9.17) is 10.9 Å². The molecule has 0 aromatic rings. The van der Waals surface area contributed by atoms with Gasteiger partial charge >= 0.3 is 0 Å². The number of carbonyl (C=O) groups excluding carboxylic acids is 1. The molecular weight excluding hydrogens is 182 g/mol. The molecule has 5 heteroatoms. The van der Waals surface area contributed by atoms with Crippen LogP contribution in [0.3, 0.4) is 0 Å². The van der Waals surface area contributed by atoms with Crippen molar-refractivity contribution in [2.24, 2.45) is 16.3 Å². The second-order valence-corrected chi connectivity index (χ2v) is 3.80. The molecule has 0 aliphatic heterocycles. The summed E-state index contributed by atoms with van der Waals surface area (Å²) in [5.74, 6) is -0.275. The van der Waals surface area contributed by atoms with Crippen molar-refractivity contribution in [3.63, 3.8) is 0 Å². The smallest absolute Gasteiger partial charge is 0.233 e. The summed E-state index contributed by atoms with van der Waals surface area (Å²) in [5, 5.41) is 14.2. The zero-order chi connectivity index (χ0) is 11.4. The van der Waals surface area contributed by atoms with Crippen molar-refractivity contribution >= 4 is 11.7 Å². The topological polar surface area (TPSA) is 87.7 Å². The highest BCUT2D eigenvalue weighted by Gasteiger charge is 2.36. The number of nitrogens with one attached hydrogen (secondary N) is 1. The third kappa shape index (κ3) is 2.61. The van der Waals surface area contributed by atoms with Crippen LogP contribution in [-0.2, 0) is 4.79 Å². The third-order valence-electron chi connectivity index (χ3n) is 2.30. The highest BCUT2D eigenvalue weighted by atomic mass is 16.4. The Hall–Kier alpha value is -1.26. The Morgan fingerprint density at radius 3 is 2.43 bits per heavy atom. The first-order valence-electron chi connectivity index (χ1n) is 4.67. The van der Waals surface area contributed by atoms with Crippen LogP contribution in [0.25, 0.3) is 0 Å². The lowest BCUT2D eigenvalue weighted by Crippen LogP contribution is -2.49. The summed E-state index contributed by atoms with van der Waals surface area (Å²) in [6, 6.07) is 0.0415. The molecule has 0 saturated carbocycles. The number of rotatable bonds is 4. The molecule has 0 fully saturated rings. The average Bonchev–Trinajstić information content (AvgIpc) is 2.14. The lowest BCUT2D eigenvalue weighted by molar-refractivity contribution is -0.127. The Labute approximate surface area is 84.4 Å². The molecule has 82 valence electrons. The molecule has 0 radical (unpaired) electrons. The van der Waals surface area contributed by atoms with E-state index in [1.54, 1.807) is 6.92 Å². The van der Waals surface area contributed by atoms with E-state index in [0.717, 1.165) is 0 Å². The molecule has 14 heavy (non-hydrogen) atoms. The van der Waals surface area contributed by atoms with Gasteiger partial charge in [0.2, 0.25) is 5.91 Å². The predicted molar refractivity (Wildman–Crippen MR) is 55.1 cm³/mol. The van der Waals surface area contributed by atoms with Crippen LogP contribution >= 0.6 is 0 Å². The molecule has 0 aliphatic carbocycles. The molecule has 4 N–H and O–H groups in total. The van der Waals surface area contributed by atoms with E-state index in [0.29, 0.717) is 6.42 Å². The van der Waals surface area contributed by atoms with E-state index in [1.807, 2.05) is 20.8 Å². The molecule has 0 aliphatic rings. The molecule has 0 bridgehead atoms. The van der Waals surface area contributed by atoms with Crippen LogP contribution in [0.2, 0.25) is 0 Å². The Balaban J connectivity index is 4.77. The van der Waals surface area contributed by atoms with Crippen LogP contribution in [0.5, 0.6) is 0 Å². The number of oxime groups is 1. The second-order valence-electron chi connectivity index (χ2n) is 3.80. The van der Waals surface area contributed by atoms with Gasteiger partial charge in [0.15, 0.2) is 5.84 Å². The maximum Gasteiger partial charge on any atom is 0.233 e. The van der Waals surface area contributed by atoms with Crippen molar-refractivity contribution in [3.05, 3.63) is 0 Å². The van der Waals surface area contributed by atoms with Gasteiger partial charge in [0.1, 0.15) is 5.41 Å². The van der Waals surface area contributed by atoms with Gasteiger partial charge in [-0.25, -0.2) is 0 Å². The normalized spacial score (nSPS) is 16.5. The highest BCUT2D eigenvalue weighted by Crippen LogP contribution is 2.21. The number of amidine groups is 1. The molecule has 0 aromatic heterocycles. The summed E-state index contributed by atoms with van der Waals surface area (Å²) in [4.78, 5) is 11.7. The Morgan fingerprint density at radius 1 is 1.64 bits per heavy atom. The van der Waals surface area contributed by atoms with Gasteiger partial charge in [-0.1, -0.05) is 12.1 Å². The molecule has 1 atom stereocenters. The fourth-order valence-electron chi connectivity index (χ4n) is 0.990. The Bertz CT molecular complexity index is 238. The van der Waals surface area contributed by atoms with Gasteiger partial charge < -0.3 is 16.3 Å². The first kappa shape index (κ1) is 12.7. The molecular formula is C9H19N3O2. The molecule has 0 spiro atoms. The summed E-state index contributed by atoms with van der Waals surface area (Å²) >= 11 is 0. The van der Waals surface area contributed by atoms with Gasteiger partial charge in [0, 0.05) is 6.04 Å². The number of nitrogens with two attached hydrogens (primary N) is 1. The average molecular weight is 201 g/mol. The molecule has 0 rings (SSSR count). The Kier molecular flexibility index (Phi) is 4.40. The van der Waals surface area contributed by atoms with E-state index in [9.17, 15) is 4.79 Å². The van der Waals surface area contributed by atoms with Crippen LogP contribution in [0, 0.1) is 5.41 Å². The van der Waals surface area contributed by atoms with Crippen LogP contribution in [0.15, 0.2) is 5.16 Å². The predicted octanol–water partition coefficient (Wildman–Crippen LogP) is 0.674. The standard InChI is InChI=1S/C9H19N3O2/c1-5-9(4,7(10)12-14)8(13)11-6(2)3/h6,14H,5H2,1-4H3,(H2,10,12)(H,11,13). The number of carbonyl (C=O) groups is 1. The van der Waals surface area contributed by atoms with E-state index < -0.39 is 5.41 Å². The van der Waals surface area contributed by atoms with Gasteiger partial charge in [-0.3, -0.25) is 4.79 Å². The first-order chi connectivity index (χ1) is 6.38. The van der Waals surface area contributed by atoms with Crippen molar-refractivity contribution in [2.45, 2.75) is 40.2 Å². The summed E-state index contributed by atoms with van der Waals surface area (Å²) in [6.07, 6.45) is 0.488. The van der Waals surface area contributed by atoms with Gasteiger partial charge in [-0.15, -0.1) is 0 Å². The maximum absolute atomic E-state index is 11.7. The maximum atomic E-state index is 11.7. The molecule has 0 aromatic carbocycles. The van der Waals surface area contributed by atoms with Crippen molar-refractivity contribution in [3.8, 4) is 0 Å². The zero-order valence-electron chi connectivity index (χ0n) is 9.16.